The van der Waals surface area contributed by atoms with E-state index in [0.29, 0.717) is 11.1 Å². The summed E-state index contributed by atoms with van der Waals surface area (Å²) in [4.78, 5) is 25.5. The van der Waals surface area contributed by atoms with Crippen LogP contribution in [0.4, 0.5) is 11.4 Å². The standard InChI is InChI=1S/C20H21N3O3/c1-3-14(2)22-19(21-17-10-6-5-9-16(17)20(22)24)13-12-15-8-4-7-11-18(15)23(25)26/h4-14,19,21H,3H2,1-2H3/b13-12+/t14-,19-/m1/s1. The van der Waals surface area contributed by atoms with Crippen molar-refractivity contribution in [3.63, 3.8) is 0 Å². The van der Waals surface area contributed by atoms with E-state index in [2.05, 4.69) is 5.32 Å². The van der Waals surface area contributed by atoms with Crippen LogP contribution in [0.25, 0.3) is 6.08 Å². The van der Waals surface area contributed by atoms with Crippen LogP contribution in [0, 0.1) is 10.1 Å². The van der Waals surface area contributed by atoms with Crippen LogP contribution in [0.3, 0.4) is 0 Å². The lowest BCUT2D eigenvalue weighted by Gasteiger charge is -2.40. The molecule has 1 N–H and O–H groups in total. The summed E-state index contributed by atoms with van der Waals surface area (Å²) in [5.41, 5.74) is 1.97. The van der Waals surface area contributed by atoms with Gasteiger partial charge in [-0.05, 0) is 43.7 Å². The van der Waals surface area contributed by atoms with Crippen molar-refractivity contribution in [2.45, 2.75) is 32.5 Å². The lowest BCUT2D eigenvalue weighted by molar-refractivity contribution is -0.385. The van der Waals surface area contributed by atoms with E-state index in [0.717, 1.165) is 12.1 Å². The Hall–Kier alpha value is -3.15. The SMILES string of the molecule is CC[C@@H](C)N1C(=O)c2ccccc2N[C@H]1/C=C/c1ccccc1[N+](=O)[O-]. The Morgan fingerprint density at radius 3 is 2.65 bits per heavy atom. The first-order valence-electron chi connectivity index (χ1n) is 8.62. The maximum atomic E-state index is 13.0. The molecule has 0 bridgehead atoms. The van der Waals surface area contributed by atoms with Gasteiger partial charge in [-0.15, -0.1) is 0 Å². The molecule has 0 fully saturated rings. The van der Waals surface area contributed by atoms with Crippen molar-refractivity contribution in [2.24, 2.45) is 0 Å². The first kappa shape index (κ1) is 17.7. The molecule has 0 radical (unpaired) electrons. The molecule has 1 aliphatic heterocycles. The van der Waals surface area contributed by atoms with Gasteiger partial charge in [-0.1, -0.05) is 31.2 Å². The number of rotatable bonds is 5. The average molecular weight is 351 g/mol. The van der Waals surface area contributed by atoms with Gasteiger partial charge >= 0.3 is 0 Å². The first-order chi connectivity index (χ1) is 12.5. The molecule has 2 aromatic rings. The van der Waals surface area contributed by atoms with E-state index in [1.54, 1.807) is 29.2 Å². The second kappa shape index (κ2) is 7.39. The van der Waals surface area contributed by atoms with Crippen LogP contribution in [-0.2, 0) is 0 Å². The summed E-state index contributed by atoms with van der Waals surface area (Å²) in [5.74, 6) is -0.0362. The van der Waals surface area contributed by atoms with Gasteiger partial charge in [0.05, 0.1) is 16.1 Å². The molecule has 1 heterocycles. The Morgan fingerprint density at radius 2 is 1.92 bits per heavy atom. The molecule has 0 unspecified atom stereocenters. The van der Waals surface area contributed by atoms with E-state index in [1.807, 2.05) is 44.2 Å². The number of nitrogens with zero attached hydrogens (tertiary/aromatic N) is 2. The van der Waals surface area contributed by atoms with Crippen LogP contribution in [0.5, 0.6) is 0 Å². The molecule has 0 aliphatic carbocycles. The molecule has 6 nitrogen and oxygen atoms in total. The molecule has 0 saturated heterocycles. The number of para-hydroxylation sites is 2. The molecule has 134 valence electrons. The van der Waals surface area contributed by atoms with Crippen LogP contribution in [0.1, 0.15) is 36.2 Å². The second-order valence-electron chi connectivity index (χ2n) is 6.28. The number of nitrogens with one attached hydrogen (secondary N) is 1. The highest BCUT2D eigenvalue weighted by Crippen LogP contribution is 2.28. The third kappa shape index (κ3) is 3.31. The Kier molecular flexibility index (Phi) is 5.02. The van der Waals surface area contributed by atoms with E-state index < -0.39 is 4.92 Å². The summed E-state index contributed by atoms with van der Waals surface area (Å²) in [6.45, 7) is 4.03. The molecule has 0 saturated carbocycles. The van der Waals surface area contributed by atoms with E-state index in [9.17, 15) is 14.9 Å². The Morgan fingerprint density at radius 1 is 1.23 bits per heavy atom. The third-order valence-corrected chi connectivity index (χ3v) is 4.65. The van der Waals surface area contributed by atoms with Gasteiger partial charge in [0.15, 0.2) is 0 Å². The van der Waals surface area contributed by atoms with Crippen molar-refractivity contribution in [1.29, 1.82) is 0 Å². The number of nitro benzene ring substituents is 1. The molecule has 2 atom stereocenters. The van der Waals surface area contributed by atoms with Crippen molar-refractivity contribution in [1.82, 2.24) is 4.90 Å². The summed E-state index contributed by atoms with van der Waals surface area (Å²) in [7, 11) is 0. The summed E-state index contributed by atoms with van der Waals surface area (Å²) in [5, 5.41) is 14.6. The monoisotopic (exact) mass is 351 g/mol. The Bertz CT molecular complexity index is 863. The van der Waals surface area contributed by atoms with Gasteiger partial charge in [0.25, 0.3) is 11.6 Å². The van der Waals surface area contributed by atoms with Crippen LogP contribution in [-0.4, -0.2) is 27.9 Å². The van der Waals surface area contributed by atoms with Gasteiger partial charge in [-0.2, -0.15) is 0 Å². The summed E-state index contributed by atoms with van der Waals surface area (Å²) in [6.07, 6.45) is 3.95. The number of carbonyl (C=O) groups excluding carboxylic acids is 1. The summed E-state index contributed by atoms with van der Waals surface area (Å²) >= 11 is 0. The Labute approximate surface area is 152 Å². The first-order valence-corrected chi connectivity index (χ1v) is 8.62. The number of carbonyl (C=O) groups is 1. The van der Waals surface area contributed by atoms with Crippen LogP contribution >= 0.6 is 0 Å². The topological polar surface area (TPSA) is 75.5 Å². The lowest BCUT2D eigenvalue weighted by Crippen LogP contribution is -2.51. The highest BCUT2D eigenvalue weighted by molar-refractivity contribution is 6.02. The molecule has 0 spiro atoms. The van der Waals surface area contributed by atoms with Gasteiger partial charge in [0.2, 0.25) is 0 Å². The highest BCUT2D eigenvalue weighted by atomic mass is 16.6. The molecule has 1 amide bonds. The maximum Gasteiger partial charge on any atom is 0.276 e. The van der Waals surface area contributed by atoms with Crippen LogP contribution in [0.2, 0.25) is 0 Å². The van der Waals surface area contributed by atoms with Gasteiger partial charge in [-0.25, -0.2) is 0 Å². The normalized spacial score (nSPS) is 17.7. The number of hydrogen-bond acceptors (Lipinski definition) is 4. The molecule has 3 rings (SSSR count). The second-order valence-corrected chi connectivity index (χ2v) is 6.28. The van der Waals surface area contributed by atoms with Crippen LogP contribution < -0.4 is 5.32 Å². The molecule has 26 heavy (non-hydrogen) atoms. The van der Waals surface area contributed by atoms with E-state index >= 15 is 0 Å². The zero-order valence-corrected chi connectivity index (χ0v) is 14.8. The minimum Gasteiger partial charge on any atom is -0.361 e. The van der Waals surface area contributed by atoms with E-state index in [1.165, 1.54) is 6.07 Å². The smallest absolute Gasteiger partial charge is 0.276 e. The number of anilines is 1. The molecular formula is C20H21N3O3. The largest absolute Gasteiger partial charge is 0.361 e. The Balaban J connectivity index is 1.97. The number of nitro groups is 1. The summed E-state index contributed by atoms with van der Waals surface area (Å²) < 4.78 is 0. The predicted octanol–water partition coefficient (Wildman–Crippen LogP) is 4.30. The predicted molar refractivity (Wildman–Crippen MR) is 102 cm³/mol. The quantitative estimate of drug-likeness (QED) is 0.644. The zero-order chi connectivity index (χ0) is 18.7. The molecule has 0 aromatic heterocycles. The molecule has 6 heteroatoms. The maximum absolute atomic E-state index is 13.0. The number of benzene rings is 2. The fourth-order valence-electron chi connectivity index (χ4n) is 3.09. The van der Waals surface area contributed by atoms with E-state index in [4.69, 9.17) is 0 Å². The van der Waals surface area contributed by atoms with E-state index in [-0.39, 0.29) is 23.8 Å². The van der Waals surface area contributed by atoms with Gasteiger partial charge < -0.3 is 10.2 Å². The number of hydrogen-bond donors (Lipinski definition) is 1. The van der Waals surface area contributed by atoms with Crippen molar-refractivity contribution in [2.75, 3.05) is 5.32 Å². The van der Waals surface area contributed by atoms with Crippen molar-refractivity contribution < 1.29 is 9.72 Å². The van der Waals surface area contributed by atoms with Crippen molar-refractivity contribution in [3.05, 3.63) is 75.8 Å². The average Bonchev–Trinajstić information content (AvgIpc) is 2.66. The van der Waals surface area contributed by atoms with Crippen molar-refractivity contribution in [3.8, 4) is 0 Å². The van der Waals surface area contributed by atoms with Crippen LogP contribution in [0.15, 0.2) is 54.6 Å². The van der Waals surface area contributed by atoms with Gasteiger partial charge in [0, 0.05) is 17.8 Å². The molecule has 2 aromatic carbocycles. The molecular weight excluding hydrogens is 330 g/mol. The van der Waals surface area contributed by atoms with Gasteiger partial charge in [0.1, 0.15) is 6.17 Å². The minimum atomic E-state index is -0.402. The third-order valence-electron chi connectivity index (χ3n) is 4.65. The van der Waals surface area contributed by atoms with Crippen molar-refractivity contribution >= 4 is 23.4 Å². The number of amides is 1. The van der Waals surface area contributed by atoms with Gasteiger partial charge in [-0.3, -0.25) is 14.9 Å². The zero-order valence-electron chi connectivity index (χ0n) is 14.8. The minimum absolute atomic E-state index is 0.0313. The fraction of sp³-hybridized carbons (Fsp3) is 0.250. The highest BCUT2D eigenvalue weighted by Gasteiger charge is 2.33. The lowest BCUT2D eigenvalue weighted by atomic mass is 10.0. The summed E-state index contributed by atoms with van der Waals surface area (Å²) in [6, 6.07) is 14.0. The number of fused-ring (bicyclic) bond motifs is 1. The fourth-order valence-corrected chi connectivity index (χ4v) is 3.09. The molecule has 1 aliphatic rings.